The first-order valence-electron chi connectivity index (χ1n) is 8.00. The molecule has 1 amide bonds. The number of nitrogens with zero attached hydrogens (tertiary/aromatic N) is 2. The molecule has 2 heterocycles. The Morgan fingerprint density at radius 3 is 2.67 bits per heavy atom. The van der Waals surface area contributed by atoms with Gasteiger partial charge in [-0.25, -0.2) is 9.37 Å². The lowest BCUT2D eigenvalue weighted by atomic mass is 9.99. The maximum Gasteiger partial charge on any atom is 0.274 e. The second kappa shape index (κ2) is 7.18. The summed E-state index contributed by atoms with van der Waals surface area (Å²) in [6, 6.07) is 7.66. The van der Waals surface area contributed by atoms with E-state index in [-0.39, 0.29) is 10.9 Å². The third kappa shape index (κ3) is 3.85. The Labute approximate surface area is 145 Å². The van der Waals surface area contributed by atoms with Crippen LogP contribution in [0.25, 0.3) is 0 Å². The third-order valence-corrected chi connectivity index (χ3v) is 4.60. The highest BCUT2D eigenvalue weighted by Gasteiger charge is 2.17. The average molecular weight is 348 g/mol. The second-order valence-electron chi connectivity index (χ2n) is 6.15. The van der Waals surface area contributed by atoms with Crippen LogP contribution in [0.1, 0.15) is 30.3 Å². The van der Waals surface area contributed by atoms with Crippen molar-refractivity contribution in [3.05, 3.63) is 53.1 Å². The molecular weight excluding hydrogens is 329 g/mol. The molecule has 6 heteroatoms. The fourth-order valence-electron chi connectivity index (χ4n) is 2.74. The van der Waals surface area contributed by atoms with Gasteiger partial charge in [-0.15, -0.1) is 0 Å². The van der Waals surface area contributed by atoms with E-state index in [1.807, 2.05) is 6.07 Å². The molecule has 1 N–H and O–H groups in total. The fourth-order valence-corrected chi connectivity index (χ4v) is 2.92. The maximum absolute atomic E-state index is 13.1. The Morgan fingerprint density at radius 1 is 1.29 bits per heavy atom. The number of carbonyl (C=O) groups excluding carboxylic acids is 1. The van der Waals surface area contributed by atoms with Crippen molar-refractivity contribution in [1.29, 1.82) is 0 Å². The summed E-state index contributed by atoms with van der Waals surface area (Å²) in [5.41, 5.74) is 1.77. The zero-order valence-corrected chi connectivity index (χ0v) is 14.2. The molecule has 0 spiro atoms. The minimum absolute atomic E-state index is 0.0320. The number of carbonyl (C=O) groups is 1. The van der Waals surface area contributed by atoms with Crippen molar-refractivity contribution in [2.45, 2.75) is 19.8 Å². The number of pyridine rings is 1. The smallest absolute Gasteiger partial charge is 0.274 e. The van der Waals surface area contributed by atoms with Crippen LogP contribution in [0.15, 0.2) is 36.5 Å². The largest absolute Gasteiger partial charge is 0.370 e. The van der Waals surface area contributed by atoms with E-state index in [1.54, 1.807) is 12.3 Å². The Morgan fingerprint density at radius 2 is 2.04 bits per heavy atom. The quantitative estimate of drug-likeness (QED) is 0.897. The number of hydrogen-bond acceptors (Lipinski definition) is 3. The molecule has 0 bridgehead atoms. The minimum Gasteiger partial charge on any atom is -0.370 e. The van der Waals surface area contributed by atoms with Crippen molar-refractivity contribution in [1.82, 2.24) is 4.98 Å². The van der Waals surface area contributed by atoms with E-state index >= 15 is 0 Å². The summed E-state index contributed by atoms with van der Waals surface area (Å²) in [6.45, 7) is 4.30. The number of anilines is 2. The maximum atomic E-state index is 13.1. The number of aromatic nitrogens is 1. The van der Waals surface area contributed by atoms with Crippen molar-refractivity contribution in [3.63, 3.8) is 0 Å². The molecule has 1 fully saturated rings. The van der Waals surface area contributed by atoms with Crippen molar-refractivity contribution in [2.24, 2.45) is 5.92 Å². The molecule has 126 valence electrons. The Kier molecular flexibility index (Phi) is 5.00. The summed E-state index contributed by atoms with van der Waals surface area (Å²) in [4.78, 5) is 18.8. The number of amides is 1. The lowest BCUT2D eigenvalue weighted by molar-refractivity contribution is 0.102. The van der Waals surface area contributed by atoms with E-state index in [1.165, 1.54) is 31.0 Å². The van der Waals surface area contributed by atoms with Crippen LogP contribution in [-0.4, -0.2) is 24.0 Å². The van der Waals surface area contributed by atoms with Crippen LogP contribution in [0, 0.1) is 11.7 Å². The fraction of sp³-hybridized carbons (Fsp3) is 0.333. The Hall–Kier alpha value is -2.14. The van der Waals surface area contributed by atoms with Gasteiger partial charge < -0.3 is 10.2 Å². The third-order valence-electron chi connectivity index (χ3n) is 4.31. The lowest BCUT2D eigenvalue weighted by Gasteiger charge is -2.31. The number of piperidine rings is 1. The van der Waals surface area contributed by atoms with Crippen LogP contribution in [0.5, 0.6) is 0 Å². The van der Waals surface area contributed by atoms with E-state index in [0.29, 0.717) is 11.4 Å². The molecule has 0 aliphatic carbocycles. The van der Waals surface area contributed by atoms with E-state index in [2.05, 4.69) is 22.1 Å². The van der Waals surface area contributed by atoms with Crippen LogP contribution in [0.3, 0.4) is 0 Å². The monoisotopic (exact) mass is 347 g/mol. The van der Waals surface area contributed by atoms with Crippen LogP contribution >= 0.6 is 11.6 Å². The van der Waals surface area contributed by atoms with Gasteiger partial charge in [-0.3, -0.25) is 4.79 Å². The molecule has 1 aliphatic rings. The molecule has 1 aromatic carbocycles. The highest BCUT2D eigenvalue weighted by Crippen LogP contribution is 2.23. The summed E-state index contributed by atoms with van der Waals surface area (Å²) < 4.78 is 13.1. The van der Waals surface area contributed by atoms with Gasteiger partial charge in [-0.05, 0) is 49.1 Å². The van der Waals surface area contributed by atoms with Gasteiger partial charge in [0.05, 0.1) is 16.9 Å². The first-order chi connectivity index (χ1) is 11.5. The average Bonchev–Trinajstić information content (AvgIpc) is 2.59. The first-order valence-corrected chi connectivity index (χ1v) is 8.38. The second-order valence-corrected chi connectivity index (χ2v) is 6.56. The topological polar surface area (TPSA) is 45.2 Å². The summed E-state index contributed by atoms with van der Waals surface area (Å²) in [7, 11) is 0. The Bertz CT molecular complexity index is 728. The number of hydrogen-bond donors (Lipinski definition) is 1. The number of halogens is 2. The van der Waals surface area contributed by atoms with Gasteiger partial charge in [-0.2, -0.15) is 0 Å². The van der Waals surface area contributed by atoms with Crippen molar-refractivity contribution < 1.29 is 9.18 Å². The molecule has 3 rings (SSSR count). The molecule has 0 saturated carbocycles. The van der Waals surface area contributed by atoms with Crippen LogP contribution in [0.4, 0.5) is 15.8 Å². The van der Waals surface area contributed by atoms with Gasteiger partial charge >= 0.3 is 0 Å². The lowest BCUT2D eigenvalue weighted by Crippen LogP contribution is -2.32. The van der Waals surface area contributed by atoms with Gasteiger partial charge in [0.25, 0.3) is 5.91 Å². The molecule has 0 unspecified atom stereocenters. The van der Waals surface area contributed by atoms with Crippen LogP contribution < -0.4 is 10.2 Å². The van der Waals surface area contributed by atoms with E-state index in [9.17, 15) is 9.18 Å². The number of benzene rings is 1. The first kappa shape index (κ1) is 16.7. The molecule has 0 atom stereocenters. The van der Waals surface area contributed by atoms with Gasteiger partial charge in [0, 0.05) is 18.8 Å². The van der Waals surface area contributed by atoms with Crippen molar-refractivity contribution in [2.75, 3.05) is 23.3 Å². The van der Waals surface area contributed by atoms with E-state index in [4.69, 9.17) is 11.6 Å². The minimum atomic E-state index is -0.520. The van der Waals surface area contributed by atoms with E-state index in [0.717, 1.165) is 24.7 Å². The van der Waals surface area contributed by atoms with Crippen molar-refractivity contribution >= 4 is 28.9 Å². The van der Waals surface area contributed by atoms with Crippen LogP contribution in [-0.2, 0) is 0 Å². The molecule has 1 aliphatic heterocycles. The molecule has 24 heavy (non-hydrogen) atoms. The molecular formula is C18H19ClFN3O. The Balaban J connectivity index is 1.66. The SMILES string of the molecule is CC1CCN(c2ccc(C(=O)Nc3ccc(F)c(Cl)c3)nc2)CC1. The summed E-state index contributed by atoms with van der Waals surface area (Å²) in [5, 5.41) is 2.63. The normalized spacial score (nSPS) is 15.4. The highest BCUT2D eigenvalue weighted by molar-refractivity contribution is 6.31. The summed E-state index contributed by atoms with van der Waals surface area (Å²) >= 11 is 5.71. The number of rotatable bonds is 3. The van der Waals surface area contributed by atoms with Crippen LogP contribution in [0.2, 0.25) is 5.02 Å². The van der Waals surface area contributed by atoms with Crippen molar-refractivity contribution in [3.8, 4) is 0 Å². The molecule has 0 radical (unpaired) electrons. The van der Waals surface area contributed by atoms with Gasteiger partial charge in [-0.1, -0.05) is 18.5 Å². The zero-order chi connectivity index (χ0) is 17.1. The molecule has 1 aromatic heterocycles. The van der Waals surface area contributed by atoms with E-state index < -0.39 is 5.82 Å². The predicted molar refractivity (Wildman–Crippen MR) is 94.2 cm³/mol. The molecule has 1 saturated heterocycles. The van der Waals surface area contributed by atoms with Gasteiger partial charge in [0.2, 0.25) is 0 Å². The predicted octanol–water partition coefficient (Wildman–Crippen LogP) is 4.36. The van der Waals surface area contributed by atoms with Gasteiger partial charge in [0.15, 0.2) is 0 Å². The zero-order valence-electron chi connectivity index (χ0n) is 13.4. The summed E-state index contributed by atoms with van der Waals surface area (Å²) in [6.07, 6.45) is 4.07. The molecule has 4 nitrogen and oxygen atoms in total. The summed E-state index contributed by atoms with van der Waals surface area (Å²) in [5.74, 6) is -0.105. The number of nitrogens with one attached hydrogen (secondary N) is 1. The van der Waals surface area contributed by atoms with Gasteiger partial charge in [0.1, 0.15) is 11.5 Å². The molecule has 2 aromatic rings. The highest BCUT2D eigenvalue weighted by atomic mass is 35.5. The standard InChI is InChI=1S/C18H19ClFN3O/c1-12-6-8-23(9-7-12)14-3-5-17(21-11-14)18(24)22-13-2-4-16(20)15(19)10-13/h2-5,10-12H,6-9H2,1H3,(H,22,24).